The van der Waals surface area contributed by atoms with E-state index in [2.05, 4.69) is 10.4 Å². The number of nitrogens with one attached hydrogen (secondary N) is 1. The van der Waals surface area contributed by atoms with E-state index >= 15 is 0 Å². The molecule has 1 aromatic heterocycles. The third-order valence-electron chi connectivity index (χ3n) is 3.91. The van der Waals surface area contributed by atoms with Crippen molar-refractivity contribution in [3.05, 3.63) is 92.9 Å². The Morgan fingerprint density at radius 3 is 2.52 bits per heavy atom. The van der Waals surface area contributed by atoms with E-state index in [1.165, 1.54) is 36.4 Å². The van der Waals surface area contributed by atoms with Crippen molar-refractivity contribution in [2.24, 2.45) is 0 Å². The van der Waals surface area contributed by atoms with E-state index in [9.17, 15) is 18.4 Å². The molecule has 1 N–H and O–H groups in total. The highest BCUT2D eigenvalue weighted by atomic mass is 35.5. The van der Waals surface area contributed by atoms with Crippen LogP contribution in [-0.2, 0) is 0 Å². The van der Waals surface area contributed by atoms with Crippen LogP contribution >= 0.6 is 11.6 Å². The zero-order valence-electron chi connectivity index (χ0n) is 14.1. The summed E-state index contributed by atoms with van der Waals surface area (Å²) in [5.41, 5.74) is -0.360. The van der Waals surface area contributed by atoms with E-state index in [1.807, 2.05) is 0 Å². The van der Waals surface area contributed by atoms with Crippen LogP contribution in [0.2, 0.25) is 5.02 Å². The van der Waals surface area contributed by atoms with Gasteiger partial charge in [0.15, 0.2) is 0 Å². The van der Waals surface area contributed by atoms with Crippen LogP contribution in [-0.4, -0.2) is 15.7 Å². The maximum atomic E-state index is 14.0. The highest BCUT2D eigenvalue weighted by molar-refractivity contribution is 6.31. The van der Waals surface area contributed by atoms with Crippen molar-refractivity contribution in [3.8, 4) is 5.69 Å². The highest BCUT2D eigenvalue weighted by Crippen LogP contribution is 2.25. The van der Waals surface area contributed by atoms with Crippen LogP contribution in [0.25, 0.3) is 5.69 Å². The first-order valence-corrected chi connectivity index (χ1v) is 8.36. The lowest BCUT2D eigenvalue weighted by molar-refractivity contribution is 0.0933. The molecule has 0 spiro atoms. The van der Waals surface area contributed by atoms with E-state index in [-0.39, 0.29) is 16.4 Å². The van der Waals surface area contributed by atoms with E-state index in [0.29, 0.717) is 5.56 Å². The van der Waals surface area contributed by atoms with Gasteiger partial charge in [-0.3, -0.25) is 9.59 Å². The summed E-state index contributed by atoms with van der Waals surface area (Å²) in [5.74, 6) is -1.86. The molecule has 3 aromatic rings. The summed E-state index contributed by atoms with van der Waals surface area (Å²) < 4.78 is 28.4. The minimum Gasteiger partial charge on any atom is -0.344 e. The summed E-state index contributed by atoms with van der Waals surface area (Å²) in [6.07, 6.45) is 0. The molecule has 0 saturated heterocycles. The second kappa shape index (κ2) is 7.67. The second-order valence-corrected chi connectivity index (χ2v) is 6.14. The number of halogens is 3. The lowest BCUT2D eigenvalue weighted by Gasteiger charge is -2.16. The van der Waals surface area contributed by atoms with Gasteiger partial charge in [-0.15, -0.1) is 0 Å². The lowest BCUT2D eigenvalue weighted by atomic mass is 10.1. The fourth-order valence-corrected chi connectivity index (χ4v) is 2.82. The maximum Gasteiger partial charge on any atom is 0.272 e. The Bertz CT molecular complexity index is 1070. The Balaban J connectivity index is 1.90. The van der Waals surface area contributed by atoms with Gasteiger partial charge in [0.25, 0.3) is 11.5 Å². The Morgan fingerprint density at radius 1 is 1.07 bits per heavy atom. The maximum absolute atomic E-state index is 14.0. The van der Waals surface area contributed by atoms with Crippen LogP contribution in [0, 0.1) is 11.6 Å². The van der Waals surface area contributed by atoms with Crippen LogP contribution in [0.1, 0.15) is 29.0 Å². The first-order valence-electron chi connectivity index (χ1n) is 7.98. The fourth-order valence-electron chi connectivity index (χ4n) is 2.53. The summed E-state index contributed by atoms with van der Waals surface area (Å²) in [6, 6.07) is 11.6. The van der Waals surface area contributed by atoms with Gasteiger partial charge in [-0.1, -0.05) is 35.9 Å². The molecule has 0 aliphatic carbocycles. The molecular weight excluding hydrogens is 376 g/mol. The largest absolute Gasteiger partial charge is 0.344 e. The average molecular weight is 390 g/mol. The number of aromatic nitrogens is 2. The number of carbonyl (C=O) groups is 1. The molecule has 3 rings (SSSR count). The van der Waals surface area contributed by atoms with Gasteiger partial charge in [-0.05, 0) is 36.8 Å². The molecular formula is C19H14ClF2N3O2. The molecule has 0 fully saturated rings. The molecule has 0 bridgehead atoms. The number of hydrogen-bond acceptors (Lipinski definition) is 3. The molecule has 2 aromatic carbocycles. The van der Waals surface area contributed by atoms with Crippen LogP contribution in [0.3, 0.4) is 0 Å². The summed E-state index contributed by atoms with van der Waals surface area (Å²) in [7, 11) is 0. The SMILES string of the molecule is CC(NC(=O)c1ccc(=O)n(-c2ccccc2F)n1)c1cccc(F)c1Cl. The zero-order valence-corrected chi connectivity index (χ0v) is 14.9. The summed E-state index contributed by atoms with van der Waals surface area (Å²) in [6.45, 7) is 1.63. The van der Waals surface area contributed by atoms with Crippen molar-refractivity contribution in [1.29, 1.82) is 0 Å². The Hall–Kier alpha value is -3.06. The molecule has 5 nitrogen and oxygen atoms in total. The smallest absolute Gasteiger partial charge is 0.272 e. The van der Waals surface area contributed by atoms with Crippen molar-refractivity contribution in [1.82, 2.24) is 15.1 Å². The van der Waals surface area contributed by atoms with E-state index < -0.39 is 29.1 Å². The van der Waals surface area contributed by atoms with Gasteiger partial charge >= 0.3 is 0 Å². The standard InChI is InChI=1S/C19H14ClF2N3O2/c1-11(12-5-4-7-14(22)18(12)20)23-19(27)15-9-10-17(26)25(24-15)16-8-3-2-6-13(16)21/h2-11H,1H3,(H,23,27). The molecule has 0 aliphatic heterocycles. The second-order valence-electron chi connectivity index (χ2n) is 5.76. The van der Waals surface area contributed by atoms with Crippen LogP contribution in [0.5, 0.6) is 0 Å². The van der Waals surface area contributed by atoms with Gasteiger partial charge in [0, 0.05) is 6.07 Å². The van der Waals surface area contributed by atoms with Gasteiger partial charge in [0.05, 0.1) is 11.1 Å². The topological polar surface area (TPSA) is 64.0 Å². The van der Waals surface area contributed by atoms with Gasteiger partial charge < -0.3 is 5.32 Å². The molecule has 0 saturated carbocycles. The molecule has 27 heavy (non-hydrogen) atoms. The van der Waals surface area contributed by atoms with E-state index in [4.69, 9.17) is 11.6 Å². The monoisotopic (exact) mass is 389 g/mol. The molecule has 0 radical (unpaired) electrons. The fraction of sp³-hybridized carbons (Fsp3) is 0.105. The lowest BCUT2D eigenvalue weighted by Crippen LogP contribution is -2.31. The molecule has 138 valence electrons. The number of benzene rings is 2. The molecule has 8 heteroatoms. The number of para-hydroxylation sites is 1. The number of amides is 1. The predicted octanol–water partition coefficient (Wildman–Crippen LogP) is 3.66. The summed E-state index contributed by atoms with van der Waals surface area (Å²) in [5, 5.41) is 6.48. The quantitative estimate of drug-likeness (QED) is 0.740. The number of hydrogen-bond donors (Lipinski definition) is 1. The van der Waals surface area contributed by atoms with Crippen molar-refractivity contribution in [2.75, 3.05) is 0 Å². The van der Waals surface area contributed by atoms with E-state index in [0.717, 1.165) is 10.7 Å². The summed E-state index contributed by atoms with van der Waals surface area (Å²) in [4.78, 5) is 24.5. The first-order chi connectivity index (χ1) is 12.9. The van der Waals surface area contributed by atoms with Crippen LogP contribution in [0.15, 0.2) is 59.4 Å². The molecule has 1 amide bonds. The minimum absolute atomic E-state index is 0.0710. The zero-order chi connectivity index (χ0) is 19.6. The average Bonchev–Trinajstić information content (AvgIpc) is 2.65. The van der Waals surface area contributed by atoms with Crippen LogP contribution in [0.4, 0.5) is 8.78 Å². The van der Waals surface area contributed by atoms with Crippen molar-refractivity contribution in [2.45, 2.75) is 13.0 Å². The Labute approximate surface area is 158 Å². The molecule has 1 heterocycles. The summed E-state index contributed by atoms with van der Waals surface area (Å²) >= 11 is 5.93. The number of rotatable bonds is 4. The van der Waals surface area contributed by atoms with Crippen molar-refractivity contribution < 1.29 is 13.6 Å². The number of carbonyl (C=O) groups excluding carboxylic acids is 1. The third-order valence-corrected chi connectivity index (χ3v) is 4.31. The minimum atomic E-state index is -0.649. The molecule has 0 aliphatic rings. The predicted molar refractivity (Wildman–Crippen MR) is 97.1 cm³/mol. The van der Waals surface area contributed by atoms with Crippen molar-refractivity contribution in [3.63, 3.8) is 0 Å². The van der Waals surface area contributed by atoms with Gasteiger partial charge in [-0.2, -0.15) is 9.78 Å². The van der Waals surface area contributed by atoms with E-state index in [1.54, 1.807) is 19.1 Å². The van der Waals surface area contributed by atoms with Crippen LogP contribution < -0.4 is 10.9 Å². The Kier molecular flexibility index (Phi) is 5.32. The normalized spacial score (nSPS) is 11.9. The highest BCUT2D eigenvalue weighted by Gasteiger charge is 2.18. The van der Waals surface area contributed by atoms with Gasteiger partial charge in [-0.25, -0.2) is 8.78 Å². The molecule has 1 unspecified atom stereocenters. The van der Waals surface area contributed by atoms with Gasteiger partial charge in [0.2, 0.25) is 0 Å². The third kappa shape index (κ3) is 3.88. The number of nitrogens with zero attached hydrogens (tertiary/aromatic N) is 2. The van der Waals surface area contributed by atoms with Gasteiger partial charge in [0.1, 0.15) is 23.0 Å². The molecule has 1 atom stereocenters. The first kappa shape index (κ1) is 18.7. The van der Waals surface area contributed by atoms with Crippen molar-refractivity contribution >= 4 is 17.5 Å². The Morgan fingerprint density at radius 2 is 1.78 bits per heavy atom.